The smallest absolute Gasteiger partial charge is 0.166 e. The van der Waals surface area contributed by atoms with Crippen LogP contribution in [0.1, 0.15) is 18.7 Å². The zero-order valence-electron chi connectivity index (χ0n) is 7.36. The number of imidazole rings is 1. The quantitative estimate of drug-likeness (QED) is 0.583. The van der Waals surface area contributed by atoms with Crippen LogP contribution in [0.3, 0.4) is 0 Å². The van der Waals surface area contributed by atoms with E-state index in [1.807, 2.05) is 11.5 Å². The summed E-state index contributed by atoms with van der Waals surface area (Å²) in [6.07, 6.45) is 1.98. The molecule has 0 saturated heterocycles. The minimum atomic E-state index is 0.380. The van der Waals surface area contributed by atoms with Gasteiger partial charge in [0.15, 0.2) is 5.15 Å². The molecule has 0 radical (unpaired) electrons. The van der Waals surface area contributed by atoms with Gasteiger partial charge in [-0.2, -0.15) is 0 Å². The van der Waals surface area contributed by atoms with Gasteiger partial charge in [0.1, 0.15) is 11.0 Å². The Hall–Kier alpha value is 0.0800. The van der Waals surface area contributed by atoms with Gasteiger partial charge in [0, 0.05) is 12.4 Å². The second-order valence-electron chi connectivity index (χ2n) is 2.79. The van der Waals surface area contributed by atoms with Gasteiger partial charge >= 0.3 is 0 Å². The van der Waals surface area contributed by atoms with Crippen LogP contribution in [0.15, 0.2) is 0 Å². The van der Waals surface area contributed by atoms with Crippen molar-refractivity contribution in [3.05, 3.63) is 16.1 Å². The summed E-state index contributed by atoms with van der Waals surface area (Å²) in [4.78, 5) is 4.05. The van der Waals surface area contributed by atoms with Crippen molar-refractivity contribution in [2.45, 2.75) is 26.3 Å². The number of hydrogen-bond acceptors (Lipinski definition) is 1. The SMILES string of the molecule is Cc1nc(Cl)c(Cl)n1CCCCCl. The summed E-state index contributed by atoms with van der Waals surface area (Å²) in [5.41, 5.74) is 0. The first kappa shape index (κ1) is 11.2. The van der Waals surface area contributed by atoms with E-state index in [4.69, 9.17) is 34.8 Å². The van der Waals surface area contributed by atoms with Crippen molar-refractivity contribution in [3.8, 4) is 0 Å². The number of alkyl halides is 1. The molecular formula is C8H11Cl3N2. The molecule has 0 bridgehead atoms. The highest BCUT2D eigenvalue weighted by molar-refractivity contribution is 6.40. The van der Waals surface area contributed by atoms with Gasteiger partial charge in [-0.3, -0.25) is 0 Å². The molecule has 0 saturated carbocycles. The molecule has 0 amide bonds. The van der Waals surface area contributed by atoms with E-state index < -0.39 is 0 Å². The average Bonchev–Trinajstić information content (AvgIpc) is 2.32. The van der Waals surface area contributed by atoms with Crippen LogP contribution in [0.2, 0.25) is 10.3 Å². The number of halogens is 3. The fourth-order valence-electron chi connectivity index (χ4n) is 1.13. The lowest BCUT2D eigenvalue weighted by atomic mass is 10.3. The molecule has 1 aromatic heterocycles. The lowest BCUT2D eigenvalue weighted by Crippen LogP contribution is -2.00. The molecule has 1 heterocycles. The fraction of sp³-hybridized carbons (Fsp3) is 0.625. The average molecular weight is 242 g/mol. The maximum absolute atomic E-state index is 5.93. The zero-order valence-corrected chi connectivity index (χ0v) is 9.62. The summed E-state index contributed by atoms with van der Waals surface area (Å²) in [5.74, 6) is 1.53. The molecule has 2 nitrogen and oxygen atoms in total. The molecule has 0 N–H and O–H groups in total. The number of aromatic nitrogens is 2. The molecule has 0 aliphatic rings. The molecule has 0 unspecified atom stereocenters. The highest BCUT2D eigenvalue weighted by Crippen LogP contribution is 2.22. The Kier molecular flexibility index (Phi) is 4.36. The van der Waals surface area contributed by atoms with Crippen LogP contribution >= 0.6 is 34.8 Å². The third-order valence-electron chi connectivity index (χ3n) is 1.82. The van der Waals surface area contributed by atoms with Gasteiger partial charge in [0.05, 0.1) is 0 Å². The van der Waals surface area contributed by atoms with Crippen molar-refractivity contribution in [2.75, 3.05) is 5.88 Å². The molecule has 0 aliphatic heterocycles. The lowest BCUT2D eigenvalue weighted by Gasteiger charge is -2.04. The van der Waals surface area contributed by atoms with Crippen LogP contribution in [0.5, 0.6) is 0 Å². The van der Waals surface area contributed by atoms with E-state index >= 15 is 0 Å². The van der Waals surface area contributed by atoms with Crippen molar-refractivity contribution in [1.82, 2.24) is 9.55 Å². The van der Waals surface area contributed by atoms with Crippen molar-refractivity contribution in [3.63, 3.8) is 0 Å². The molecule has 0 atom stereocenters. The van der Waals surface area contributed by atoms with Crippen LogP contribution in [-0.2, 0) is 6.54 Å². The van der Waals surface area contributed by atoms with E-state index in [9.17, 15) is 0 Å². The predicted octanol–water partition coefficient (Wildman–Crippen LogP) is 3.52. The highest BCUT2D eigenvalue weighted by Gasteiger charge is 2.09. The van der Waals surface area contributed by atoms with Gasteiger partial charge in [-0.25, -0.2) is 4.98 Å². The summed E-state index contributed by atoms with van der Waals surface area (Å²) < 4.78 is 1.90. The first-order valence-electron chi connectivity index (χ1n) is 4.11. The van der Waals surface area contributed by atoms with Crippen LogP contribution in [0.4, 0.5) is 0 Å². The summed E-state index contributed by atoms with van der Waals surface area (Å²) >= 11 is 17.3. The third kappa shape index (κ3) is 2.76. The molecule has 1 rings (SSSR count). The summed E-state index contributed by atoms with van der Waals surface area (Å²) in [7, 11) is 0. The number of nitrogens with zero attached hydrogens (tertiary/aromatic N) is 2. The predicted molar refractivity (Wildman–Crippen MR) is 56.9 cm³/mol. The number of rotatable bonds is 4. The van der Waals surface area contributed by atoms with Gasteiger partial charge in [0.25, 0.3) is 0 Å². The third-order valence-corrected chi connectivity index (χ3v) is 2.83. The molecule has 0 aliphatic carbocycles. The highest BCUT2D eigenvalue weighted by atomic mass is 35.5. The number of hydrogen-bond donors (Lipinski definition) is 0. The second kappa shape index (κ2) is 5.08. The second-order valence-corrected chi connectivity index (χ2v) is 3.88. The summed E-state index contributed by atoms with van der Waals surface area (Å²) in [6, 6.07) is 0. The van der Waals surface area contributed by atoms with E-state index in [0.29, 0.717) is 16.2 Å². The van der Waals surface area contributed by atoms with E-state index in [1.165, 1.54) is 0 Å². The molecular weight excluding hydrogens is 230 g/mol. The number of unbranched alkanes of at least 4 members (excludes halogenated alkanes) is 1. The Morgan fingerprint density at radius 3 is 2.46 bits per heavy atom. The molecule has 13 heavy (non-hydrogen) atoms. The molecule has 5 heteroatoms. The van der Waals surface area contributed by atoms with Crippen molar-refractivity contribution >= 4 is 34.8 Å². The van der Waals surface area contributed by atoms with Crippen molar-refractivity contribution < 1.29 is 0 Å². The van der Waals surface area contributed by atoms with Crippen molar-refractivity contribution in [2.24, 2.45) is 0 Å². The molecule has 1 aromatic rings. The van der Waals surface area contributed by atoms with Crippen LogP contribution in [0, 0.1) is 6.92 Å². The van der Waals surface area contributed by atoms with Crippen LogP contribution in [0.25, 0.3) is 0 Å². The van der Waals surface area contributed by atoms with Gasteiger partial charge < -0.3 is 4.57 Å². The minimum Gasteiger partial charge on any atom is -0.318 e. The summed E-state index contributed by atoms with van der Waals surface area (Å²) in [5, 5.41) is 0.902. The van der Waals surface area contributed by atoms with E-state index in [2.05, 4.69) is 4.98 Å². The van der Waals surface area contributed by atoms with Gasteiger partial charge in [-0.15, -0.1) is 11.6 Å². The minimum absolute atomic E-state index is 0.380. The first-order valence-corrected chi connectivity index (χ1v) is 5.40. The van der Waals surface area contributed by atoms with Gasteiger partial charge in [-0.05, 0) is 19.8 Å². The maximum Gasteiger partial charge on any atom is 0.166 e. The standard InChI is InChI=1S/C8H11Cl3N2/c1-6-12-7(10)8(11)13(6)5-3-2-4-9/h2-5H2,1H3. The Morgan fingerprint density at radius 1 is 1.31 bits per heavy atom. The normalized spacial score (nSPS) is 10.8. The number of aryl methyl sites for hydroxylation is 1. The van der Waals surface area contributed by atoms with Crippen LogP contribution in [-0.4, -0.2) is 15.4 Å². The first-order chi connectivity index (χ1) is 6.16. The summed E-state index contributed by atoms with van der Waals surface area (Å²) in [6.45, 7) is 2.72. The van der Waals surface area contributed by atoms with Crippen molar-refractivity contribution in [1.29, 1.82) is 0 Å². The Morgan fingerprint density at radius 2 is 2.00 bits per heavy atom. The molecule has 0 aromatic carbocycles. The largest absolute Gasteiger partial charge is 0.318 e. The van der Waals surface area contributed by atoms with E-state index in [0.717, 1.165) is 25.2 Å². The van der Waals surface area contributed by atoms with Gasteiger partial charge in [-0.1, -0.05) is 23.2 Å². The maximum atomic E-state index is 5.93. The molecule has 0 fully saturated rings. The molecule has 0 spiro atoms. The monoisotopic (exact) mass is 240 g/mol. The van der Waals surface area contributed by atoms with E-state index in [1.54, 1.807) is 0 Å². The Balaban J connectivity index is 2.64. The Labute approximate surface area is 92.8 Å². The molecule has 74 valence electrons. The van der Waals surface area contributed by atoms with E-state index in [-0.39, 0.29) is 0 Å². The van der Waals surface area contributed by atoms with Gasteiger partial charge in [0.2, 0.25) is 0 Å². The van der Waals surface area contributed by atoms with Crippen LogP contribution < -0.4 is 0 Å². The zero-order chi connectivity index (χ0) is 9.84. The Bertz CT molecular complexity index is 283. The lowest BCUT2D eigenvalue weighted by molar-refractivity contribution is 0.619. The fourth-order valence-corrected chi connectivity index (χ4v) is 1.79. The topological polar surface area (TPSA) is 17.8 Å².